The zero-order valence-corrected chi connectivity index (χ0v) is 6.02. The maximum absolute atomic E-state index is 10.3. The monoisotopic (exact) mass is 256 g/mol. The zero-order valence-electron chi connectivity index (χ0n) is 6.02. The third-order valence-corrected chi connectivity index (χ3v) is 1.38. The second-order valence-electron chi connectivity index (χ2n) is 2.19. The fourth-order valence-corrected chi connectivity index (χ4v) is 0.755. The van der Waals surface area contributed by atoms with Crippen LogP contribution < -0.4 is 0 Å². The van der Waals surface area contributed by atoms with Gasteiger partial charge in [0.2, 0.25) is 0 Å². The van der Waals surface area contributed by atoms with E-state index in [0.29, 0.717) is 0 Å². The Labute approximate surface area is 111 Å². The van der Waals surface area contributed by atoms with E-state index in [2.05, 4.69) is 0 Å². The summed E-state index contributed by atoms with van der Waals surface area (Å²) in [4.78, 5) is 20.7. The molecule has 4 nitrogen and oxygen atoms in total. The van der Waals surface area contributed by atoms with Crippen LogP contribution in [0.15, 0.2) is 24.3 Å². The van der Waals surface area contributed by atoms with Crippen LogP contribution in [-0.2, 0) is 0 Å². The molecule has 0 heterocycles. The van der Waals surface area contributed by atoms with Gasteiger partial charge in [0.05, 0.1) is 11.1 Å². The first-order chi connectivity index (χ1) is 5.61. The van der Waals surface area contributed by atoms with Crippen LogP contribution in [0.2, 0.25) is 0 Å². The van der Waals surface area contributed by atoms with Gasteiger partial charge in [-0.3, -0.25) is 0 Å². The van der Waals surface area contributed by atoms with Crippen LogP contribution in [0.3, 0.4) is 0 Å². The molecule has 0 unspecified atom stereocenters. The molecule has 0 saturated heterocycles. The van der Waals surface area contributed by atoms with Gasteiger partial charge in [-0.15, -0.1) is 0 Å². The Morgan fingerprint density at radius 3 is 1.23 bits per heavy atom. The first-order valence-electron chi connectivity index (χ1n) is 3.18. The molecule has 0 atom stereocenters. The molecule has 66 valence electrons. The van der Waals surface area contributed by atoms with Gasteiger partial charge in [-0.2, -0.15) is 0 Å². The van der Waals surface area contributed by atoms with Gasteiger partial charge in [0.15, 0.2) is 0 Å². The summed E-state index contributed by atoms with van der Waals surface area (Å²) in [5.74, 6) is -2.13. The molecule has 5 heteroatoms. The topological polar surface area (TPSA) is 74.6 Å². The van der Waals surface area contributed by atoms with Crippen LogP contribution in [0.25, 0.3) is 0 Å². The standard InChI is InChI=1S/C8H6O4.Sr.2H/c9-7(10)5-1-2-6(4-3-5)8(11)12;;;/h1-4H,(H,9,10)(H,11,12);;;. The van der Waals surface area contributed by atoms with Gasteiger partial charge >= 0.3 is 57.4 Å². The van der Waals surface area contributed by atoms with E-state index in [1.165, 1.54) is 24.3 Å². The normalized spacial score (nSPS) is 8.62. The predicted octanol–water partition coefficient (Wildman–Crippen LogP) is 0.167. The molecular weight excluding hydrogens is 248 g/mol. The molecule has 0 amide bonds. The fraction of sp³-hybridized carbons (Fsp3) is 0. The Kier molecular flexibility index (Phi) is 5.24. The summed E-state index contributed by atoms with van der Waals surface area (Å²) in [6, 6.07) is 5.02. The molecule has 0 radical (unpaired) electrons. The zero-order chi connectivity index (χ0) is 9.14. The van der Waals surface area contributed by atoms with Crippen LogP contribution in [0.5, 0.6) is 0 Å². The second-order valence-corrected chi connectivity index (χ2v) is 2.19. The third-order valence-electron chi connectivity index (χ3n) is 1.38. The van der Waals surface area contributed by atoms with Crippen molar-refractivity contribution in [3.8, 4) is 0 Å². The third kappa shape index (κ3) is 3.48. The van der Waals surface area contributed by atoms with Gasteiger partial charge in [-0.05, 0) is 24.3 Å². The van der Waals surface area contributed by atoms with Gasteiger partial charge in [0.1, 0.15) is 0 Å². The molecule has 1 aromatic rings. The predicted molar refractivity (Wildman–Crippen MR) is 48.9 cm³/mol. The van der Waals surface area contributed by atoms with Crippen molar-refractivity contribution in [2.45, 2.75) is 0 Å². The molecule has 0 aliphatic heterocycles. The summed E-state index contributed by atoms with van der Waals surface area (Å²) in [7, 11) is 0. The van der Waals surface area contributed by atoms with E-state index in [4.69, 9.17) is 10.2 Å². The van der Waals surface area contributed by atoms with E-state index in [1.54, 1.807) is 0 Å². The maximum atomic E-state index is 10.3. The molecule has 0 fully saturated rings. The Morgan fingerprint density at radius 2 is 1.08 bits per heavy atom. The molecule has 0 aliphatic rings. The van der Waals surface area contributed by atoms with Crippen LogP contribution in [0.4, 0.5) is 0 Å². The van der Waals surface area contributed by atoms with Crippen molar-refractivity contribution in [2.24, 2.45) is 0 Å². The number of carboxylic acids is 2. The molecule has 0 saturated carbocycles. The molecule has 0 spiro atoms. The average Bonchev–Trinajstić information content (AvgIpc) is 2.04. The number of benzene rings is 1. The van der Waals surface area contributed by atoms with Crippen LogP contribution in [0, 0.1) is 0 Å². The SMILES string of the molecule is O=C(O)c1ccc(C(=O)O)cc1.[SrH2]. The average molecular weight is 256 g/mol. The number of carboxylic acid groups (broad SMARTS) is 2. The minimum atomic E-state index is -1.06. The van der Waals surface area contributed by atoms with Gasteiger partial charge < -0.3 is 10.2 Å². The molecule has 1 rings (SSSR count). The van der Waals surface area contributed by atoms with Gasteiger partial charge in [0, 0.05) is 0 Å². The van der Waals surface area contributed by atoms with Crippen molar-refractivity contribution in [1.29, 1.82) is 0 Å². The number of aromatic carboxylic acids is 2. The van der Waals surface area contributed by atoms with Crippen molar-refractivity contribution in [3.63, 3.8) is 0 Å². The molecule has 13 heavy (non-hydrogen) atoms. The van der Waals surface area contributed by atoms with Crippen molar-refractivity contribution >= 4 is 57.4 Å². The van der Waals surface area contributed by atoms with E-state index in [1.807, 2.05) is 0 Å². The van der Waals surface area contributed by atoms with Crippen molar-refractivity contribution in [2.75, 3.05) is 0 Å². The Hall–Kier alpha value is -0.359. The molecule has 2 N–H and O–H groups in total. The molecule has 0 bridgehead atoms. The van der Waals surface area contributed by atoms with E-state index >= 15 is 0 Å². The molecule has 0 aromatic heterocycles. The van der Waals surface area contributed by atoms with E-state index in [-0.39, 0.29) is 56.6 Å². The van der Waals surface area contributed by atoms with Crippen molar-refractivity contribution in [1.82, 2.24) is 0 Å². The second kappa shape index (κ2) is 5.39. The molecule has 1 aromatic carbocycles. The Balaban J connectivity index is 0.00000144. The first kappa shape index (κ1) is 12.6. The summed E-state index contributed by atoms with van der Waals surface area (Å²) >= 11 is 0. The van der Waals surface area contributed by atoms with E-state index in [0.717, 1.165) is 0 Å². The van der Waals surface area contributed by atoms with E-state index < -0.39 is 11.9 Å². The number of hydrogen-bond acceptors (Lipinski definition) is 2. The summed E-state index contributed by atoms with van der Waals surface area (Å²) < 4.78 is 0. The van der Waals surface area contributed by atoms with Crippen LogP contribution in [0.1, 0.15) is 20.7 Å². The number of rotatable bonds is 2. The molecular formula is C8H8O4Sr. The quantitative estimate of drug-likeness (QED) is 0.739. The number of hydrogen-bond donors (Lipinski definition) is 2. The fourth-order valence-electron chi connectivity index (χ4n) is 0.755. The van der Waals surface area contributed by atoms with Crippen molar-refractivity contribution in [3.05, 3.63) is 35.4 Å². The van der Waals surface area contributed by atoms with Gasteiger partial charge in [-0.25, -0.2) is 9.59 Å². The summed E-state index contributed by atoms with van der Waals surface area (Å²) in [6.07, 6.45) is 0. The Bertz CT molecular complexity index is 284. The summed E-state index contributed by atoms with van der Waals surface area (Å²) in [5, 5.41) is 16.9. The van der Waals surface area contributed by atoms with Crippen LogP contribution in [-0.4, -0.2) is 67.6 Å². The van der Waals surface area contributed by atoms with E-state index in [9.17, 15) is 9.59 Å². The first-order valence-corrected chi connectivity index (χ1v) is 3.18. The van der Waals surface area contributed by atoms with Gasteiger partial charge in [-0.1, -0.05) is 0 Å². The van der Waals surface area contributed by atoms with Crippen LogP contribution >= 0.6 is 0 Å². The van der Waals surface area contributed by atoms with Gasteiger partial charge in [0.25, 0.3) is 0 Å². The minimum absolute atomic E-state index is 0. The van der Waals surface area contributed by atoms with Crippen molar-refractivity contribution < 1.29 is 19.8 Å². The summed E-state index contributed by atoms with van der Waals surface area (Å²) in [6.45, 7) is 0. The molecule has 0 aliphatic carbocycles. The summed E-state index contributed by atoms with van der Waals surface area (Å²) in [5.41, 5.74) is 0.167. The number of carbonyl (C=O) groups is 2. The Morgan fingerprint density at radius 1 is 0.846 bits per heavy atom.